The Morgan fingerprint density at radius 3 is 2.76 bits per heavy atom. The molecule has 0 radical (unpaired) electrons. The summed E-state index contributed by atoms with van der Waals surface area (Å²) in [6.07, 6.45) is 6.36. The molecule has 6 nitrogen and oxygen atoms in total. The lowest BCUT2D eigenvalue weighted by molar-refractivity contribution is 0.626. The minimum atomic E-state index is 0.485. The van der Waals surface area contributed by atoms with Crippen LogP contribution in [0.25, 0.3) is 0 Å². The van der Waals surface area contributed by atoms with E-state index < -0.39 is 0 Å². The maximum absolute atomic E-state index is 9.21. The van der Waals surface area contributed by atoms with Gasteiger partial charge in [-0.15, -0.1) is 10.2 Å². The molecule has 0 amide bonds. The van der Waals surface area contributed by atoms with Crippen molar-refractivity contribution in [2.75, 3.05) is 5.73 Å². The third-order valence-electron chi connectivity index (χ3n) is 3.73. The Labute approximate surface area is 126 Å². The van der Waals surface area contributed by atoms with Crippen molar-refractivity contribution in [2.24, 2.45) is 0 Å². The number of nitrogen functional groups attached to an aromatic ring is 1. The molecule has 2 N–H and O–H groups in total. The molecule has 2 aliphatic rings. The maximum atomic E-state index is 9.21. The second-order valence-corrected chi connectivity index (χ2v) is 6.51. The van der Waals surface area contributed by atoms with Gasteiger partial charge in [0.2, 0.25) is 0 Å². The van der Waals surface area contributed by atoms with Gasteiger partial charge in [0.1, 0.15) is 16.9 Å². The smallest absolute Gasteiger partial charge is 0.197 e. The molecule has 2 aliphatic carbocycles. The minimum absolute atomic E-state index is 0.485. The largest absolute Gasteiger partial charge is 0.397 e. The van der Waals surface area contributed by atoms with Crippen molar-refractivity contribution in [1.29, 1.82) is 5.26 Å². The highest BCUT2D eigenvalue weighted by molar-refractivity contribution is 7.99. The van der Waals surface area contributed by atoms with Crippen molar-refractivity contribution in [1.82, 2.24) is 19.7 Å². The highest BCUT2D eigenvalue weighted by atomic mass is 32.2. The second kappa shape index (κ2) is 4.74. The Balaban J connectivity index is 1.70. The predicted molar refractivity (Wildman–Crippen MR) is 77.8 cm³/mol. The number of nitrogens with two attached hydrogens (primary N) is 1. The van der Waals surface area contributed by atoms with E-state index in [2.05, 4.69) is 25.8 Å². The first-order valence-electron chi connectivity index (χ1n) is 7.04. The number of hydrogen-bond acceptors (Lipinski definition) is 6. The molecule has 0 saturated heterocycles. The molecule has 4 rings (SSSR count). The molecule has 0 bridgehead atoms. The molecule has 2 aromatic heterocycles. The van der Waals surface area contributed by atoms with Crippen molar-refractivity contribution >= 4 is 17.4 Å². The van der Waals surface area contributed by atoms with Crippen LogP contribution in [0.5, 0.6) is 0 Å². The highest BCUT2D eigenvalue weighted by Crippen LogP contribution is 2.46. The summed E-state index contributed by atoms with van der Waals surface area (Å²) in [7, 11) is 0. The van der Waals surface area contributed by atoms with Gasteiger partial charge >= 0.3 is 0 Å². The van der Waals surface area contributed by atoms with E-state index >= 15 is 0 Å². The first-order valence-corrected chi connectivity index (χ1v) is 7.86. The van der Waals surface area contributed by atoms with E-state index in [0.29, 0.717) is 28.2 Å². The summed E-state index contributed by atoms with van der Waals surface area (Å²) in [6.45, 7) is 0. The molecule has 0 aromatic carbocycles. The minimum Gasteiger partial charge on any atom is -0.397 e. The third-order valence-corrected chi connectivity index (χ3v) is 4.71. The Kier molecular flexibility index (Phi) is 2.86. The summed E-state index contributed by atoms with van der Waals surface area (Å²) in [4.78, 5) is 4.27. The first-order chi connectivity index (χ1) is 10.3. The lowest BCUT2D eigenvalue weighted by Crippen LogP contribution is -2.02. The molecule has 106 valence electrons. The van der Waals surface area contributed by atoms with Gasteiger partial charge in [-0.1, -0.05) is 0 Å². The Morgan fingerprint density at radius 2 is 2.10 bits per heavy atom. The van der Waals surface area contributed by atoms with Crippen LogP contribution in [0.3, 0.4) is 0 Å². The zero-order chi connectivity index (χ0) is 14.4. The summed E-state index contributed by atoms with van der Waals surface area (Å²) in [5.41, 5.74) is 6.66. The molecular weight excluding hydrogens is 284 g/mol. The van der Waals surface area contributed by atoms with Gasteiger partial charge in [-0.2, -0.15) is 5.26 Å². The third kappa shape index (κ3) is 2.36. The Bertz CT molecular complexity index is 738. The summed E-state index contributed by atoms with van der Waals surface area (Å²) in [6, 6.07) is 4.32. The average Bonchev–Trinajstić information content (AvgIpc) is 3.40. The number of nitriles is 1. The first kappa shape index (κ1) is 12.7. The van der Waals surface area contributed by atoms with Gasteiger partial charge in [-0.05, 0) is 43.5 Å². The number of aromatic nitrogens is 4. The molecule has 0 aliphatic heterocycles. The van der Waals surface area contributed by atoms with Crippen molar-refractivity contribution in [3.63, 3.8) is 0 Å². The van der Waals surface area contributed by atoms with Gasteiger partial charge in [0.15, 0.2) is 5.16 Å². The van der Waals surface area contributed by atoms with E-state index in [0.717, 1.165) is 11.0 Å². The highest BCUT2D eigenvalue weighted by Gasteiger charge is 2.36. The number of hydrogen-bond donors (Lipinski definition) is 1. The van der Waals surface area contributed by atoms with E-state index in [1.165, 1.54) is 37.4 Å². The lowest BCUT2D eigenvalue weighted by Gasteiger charge is -2.08. The van der Waals surface area contributed by atoms with E-state index in [1.807, 2.05) is 0 Å². The standard InChI is InChI=1S/C14H14N6S/c15-6-9-5-10(16)7-17-13(9)21-14-19-18-12(8-1-2-8)20(14)11-3-4-11/h5,7-8,11H,1-4,16H2. The number of nitrogens with zero attached hydrogens (tertiary/aromatic N) is 5. The molecular formula is C14H14N6S. The van der Waals surface area contributed by atoms with Crippen LogP contribution in [0.15, 0.2) is 22.4 Å². The SMILES string of the molecule is N#Cc1cc(N)cnc1Sc1nnc(C2CC2)n1C1CC1. The van der Waals surface area contributed by atoms with Crippen molar-refractivity contribution in [3.8, 4) is 6.07 Å². The quantitative estimate of drug-likeness (QED) is 0.932. The second-order valence-electron chi connectivity index (χ2n) is 5.55. The molecule has 2 saturated carbocycles. The van der Waals surface area contributed by atoms with Crippen LogP contribution < -0.4 is 5.73 Å². The van der Waals surface area contributed by atoms with Crippen molar-refractivity contribution < 1.29 is 0 Å². The van der Waals surface area contributed by atoms with Gasteiger partial charge in [-0.3, -0.25) is 0 Å². The van der Waals surface area contributed by atoms with Crippen molar-refractivity contribution in [2.45, 2.75) is 47.8 Å². The van der Waals surface area contributed by atoms with E-state index in [-0.39, 0.29) is 0 Å². The number of pyridine rings is 1. The van der Waals surface area contributed by atoms with Gasteiger partial charge in [0, 0.05) is 12.0 Å². The number of anilines is 1. The fourth-order valence-corrected chi connectivity index (χ4v) is 3.29. The van der Waals surface area contributed by atoms with Crippen LogP contribution in [0.1, 0.15) is 49.0 Å². The summed E-state index contributed by atoms with van der Waals surface area (Å²) in [5, 5.41) is 19.4. The Morgan fingerprint density at radius 1 is 1.29 bits per heavy atom. The molecule has 0 atom stereocenters. The molecule has 0 unspecified atom stereocenters. The molecule has 2 aromatic rings. The Hall–Kier alpha value is -2.07. The summed E-state index contributed by atoms with van der Waals surface area (Å²) in [5.74, 6) is 1.68. The zero-order valence-electron chi connectivity index (χ0n) is 11.4. The summed E-state index contributed by atoms with van der Waals surface area (Å²) < 4.78 is 2.25. The summed E-state index contributed by atoms with van der Waals surface area (Å²) >= 11 is 1.41. The fourth-order valence-electron chi connectivity index (χ4n) is 2.37. The monoisotopic (exact) mass is 298 g/mol. The van der Waals surface area contributed by atoms with Crippen LogP contribution in [0.4, 0.5) is 5.69 Å². The van der Waals surface area contributed by atoms with Gasteiger partial charge in [0.05, 0.1) is 17.4 Å². The van der Waals surface area contributed by atoms with E-state index in [4.69, 9.17) is 5.73 Å². The normalized spacial score (nSPS) is 17.7. The van der Waals surface area contributed by atoms with Gasteiger partial charge in [0.25, 0.3) is 0 Å². The van der Waals surface area contributed by atoms with Crippen LogP contribution >= 0.6 is 11.8 Å². The zero-order valence-corrected chi connectivity index (χ0v) is 12.2. The maximum Gasteiger partial charge on any atom is 0.197 e. The molecule has 2 heterocycles. The van der Waals surface area contributed by atoms with E-state index in [9.17, 15) is 5.26 Å². The topological polar surface area (TPSA) is 93.4 Å². The molecule has 21 heavy (non-hydrogen) atoms. The number of rotatable bonds is 4. The van der Waals surface area contributed by atoms with Crippen LogP contribution in [-0.2, 0) is 0 Å². The molecule has 7 heteroatoms. The van der Waals surface area contributed by atoms with Crippen LogP contribution in [0, 0.1) is 11.3 Å². The van der Waals surface area contributed by atoms with Gasteiger partial charge in [-0.25, -0.2) is 4.98 Å². The van der Waals surface area contributed by atoms with E-state index in [1.54, 1.807) is 12.3 Å². The molecule has 0 spiro atoms. The predicted octanol–water partition coefficient (Wildman–Crippen LogP) is 2.49. The lowest BCUT2D eigenvalue weighted by atomic mass is 10.3. The average molecular weight is 298 g/mol. The van der Waals surface area contributed by atoms with Crippen LogP contribution in [-0.4, -0.2) is 19.7 Å². The van der Waals surface area contributed by atoms with Crippen molar-refractivity contribution in [3.05, 3.63) is 23.7 Å². The van der Waals surface area contributed by atoms with Gasteiger partial charge < -0.3 is 10.3 Å². The van der Waals surface area contributed by atoms with Crippen LogP contribution in [0.2, 0.25) is 0 Å². The fraction of sp³-hybridized carbons (Fsp3) is 0.429. The molecule has 2 fully saturated rings.